The van der Waals surface area contributed by atoms with Gasteiger partial charge in [-0.1, -0.05) is 23.7 Å². The van der Waals surface area contributed by atoms with Crippen molar-refractivity contribution in [3.05, 3.63) is 40.5 Å². The first-order chi connectivity index (χ1) is 12.2. The van der Waals surface area contributed by atoms with Gasteiger partial charge in [-0.3, -0.25) is 0 Å². The molecule has 0 amide bonds. The number of esters is 1. The van der Waals surface area contributed by atoms with E-state index in [2.05, 4.69) is 10.1 Å². The van der Waals surface area contributed by atoms with Gasteiger partial charge in [-0.25, -0.2) is 17.5 Å². The van der Waals surface area contributed by atoms with E-state index in [1.165, 1.54) is 32.3 Å². The van der Waals surface area contributed by atoms with Crippen molar-refractivity contribution >= 4 is 27.6 Å². The number of nitrogens with zero attached hydrogens (tertiary/aromatic N) is 3. The van der Waals surface area contributed by atoms with E-state index in [0.29, 0.717) is 12.2 Å². The Labute approximate surface area is 157 Å². The molecule has 0 aliphatic rings. The minimum Gasteiger partial charge on any atom is -0.449 e. The molecule has 1 atom stereocenters. The van der Waals surface area contributed by atoms with Crippen molar-refractivity contribution in [1.29, 1.82) is 0 Å². The maximum absolute atomic E-state index is 12.4. The Morgan fingerprint density at radius 1 is 1.38 bits per heavy atom. The average molecular weight is 402 g/mol. The normalized spacial score (nSPS) is 13.0. The molecule has 1 unspecified atom stereocenters. The molecular weight excluding hydrogens is 382 g/mol. The topological polar surface area (TPSA) is 103 Å². The second-order valence-electron chi connectivity index (χ2n) is 5.78. The van der Waals surface area contributed by atoms with Gasteiger partial charge in [0, 0.05) is 20.5 Å². The van der Waals surface area contributed by atoms with Crippen molar-refractivity contribution in [3.63, 3.8) is 0 Å². The fourth-order valence-electron chi connectivity index (χ4n) is 2.06. The third-order valence-corrected chi connectivity index (χ3v) is 5.67. The highest BCUT2D eigenvalue weighted by Gasteiger charge is 2.24. The molecule has 0 aliphatic heterocycles. The van der Waals surface area contributed by atoms with E-state index in [-0.39, 0.29) is 21.4 Å². The van der Waals surface area contributed by atoms with E-state index in [4.69, 9.17) is 20.9 Å². The number of sulfonamides is 1. The summed E-state index contributed by atoms with van der Waals surface area (Å²) in [6, 6.07) is 3.85. The number of aromatic nitrogens is 2. The Hall–Kier alpha value is -1.97. The van der Waals surface area contributed by atoms with Crippen molar-refractivity contribution in [1.82, 2.24) is 14.4 Å². The lowest BCUT2D eigenvalue weighted by Gasteiger charge is -2.14. The molecule has 0 fully saturated rings. The second kappa shape index (κ2) is 8.15. The summed E-state index contributed by atoms with van der Waals surface area (Å²) in [6.07, 6.45) is 0.710. The Morgan fingerprint density at radius 3 is 2.69 bits per heavy atom. The van der Waals surface area contributed by atoms with Crippen molar-refractivity contribution in [2.45, 2.75) is 37.7 Å². The van der Waals surface area contributed by atoms with Gasteiger partial charge in [0.15, 0.2) is 11.9 Å². The molecule has 0 saturated carbocycles. The standard InChI is InChI=1S/C16H20ClN3O5S/c1-5-6-14-18-15(25-19-14)10(2)24-16(21)12-9-11(7-8-13(12)17)26(22,23)20(3)4/h7-10H,5-6H2,1-4H3. The van der Waals surface area contributed by atoms with Gasteiger partial charge in [0.2, 0.25) is 10.0 Å². The molecule has 1 aromatic heterocycles. The molecular formula is C16H20ClN3O5S. The highest BCUT2D eigenvalue weighted by molar-refractivity contribution is 7.89. The van der Waals surface area contributed by atoms with Crippen LogP contribution in [0.15, 0.2) is 27.6 Å². The summed E-state index contributed by atoms with van der Waals surface area (Å²) in [4.78, 5) is 16.5. The third kappa shape index (κ3) is 4.40. The minimum absolute atomic E-state index is 0.0604. The Bertz CT molecular complexity index is 895. The fourth-order valence-corrected chi connectivity index (χ4v) is 3.19. The first-order valence-corrected chi connectivity index (χ1v) is 9.74. The van der Waals surface area contributed by atoms with Crippen molar-refractivity contribution in [2.75, 3.05) is 14.1 Å². The summed E-state index contributed by atoms with van der Waals surface area (Å²) in [6.45, 7) is 3.56. The lowest BCUT2D eigenvalue weighted by atomic mass is 10.2. The molecule has 0 bridgehead atoms. The third-order valence-electron chi connectivity index (χ3n) is 3.53. The van der Waals surface area contributed by atoms with Crippen LogP contribution >= 0.6 is 11.6 Å². The van der Waals surface area contributed by atoms with Crippen LogP contribution in [0.1, 0.15) is 48.4 Å². The molecule has 2 rings (SSSR count). The summed E-state index contributed by atoms with van der Waals surface area (Å²) in [5, 5.41) is 3.88. The van der Waals surface area contributed by atoms with E-state index in [1.807, 2.05) is 6.92 Å². The lowest BCUT2D eigenvalue weighted by Crippen LogP contribution is -2.22. The summed E-state index contributed by atoms with van der Waals surface area (Å²) in [7, 11) is -0.915. The molecule has 0 radical (unpaired) electrons. The predicted octanol–water partition coefficient (Wildman–Crippen LogP) is 2.84. The first-order valence-electron chi connectivity index (χ1n) is 7.92. The summed E-state index contributed by atoms with van der Waals surface area (Å²) in [5.41, 5.74) is -0.0604. The van der Waals surface area contributed by atoms with E-state index in [1.54, 1.807) is 6.92 Å². The van der Waals surface area contributed by atoms with Crippen LogP contribution in [-0.2, 0) is 21.2 Å². The van der Waals surface area contributed by atoms with Crippen LogP contribution in [0.5, 0.6) is 0 Å². The molecule has 26 heavy (non-hydrogen) atoms. The van der Waals surface area contributed by atoms with E-state index >= 15 is 0 Å². The van der Waals surface area contributed by atoms with Gasteiger partial charge >= 0.3 is 5.97 Å². The Balaban J connectivity index is 2.23. The van der Waals surface area contributed by atoms with Crippen LogP contribution < -0.4 is 0 Å². The predicted molar refractivity (Wildman–Crippen MR) is 94.4 cm³/mol. The number of hydrogen-bond acceptors (Lipinski definition) is 7. The van der Waals surface area contributed by atoms with E-state index < -0.39 is 22.1 Å². The van der Waals surface area contributed by atoms with E-state index in [0.717, 1.165) is 10.7 Å². The lowest BCUT2D eigenvalue weighted by molar-refractivity contribution is 0.0265. The summed E-state index contributed by atoms with van der Waals surface area (Å²) < 4.78 is 35.9. The molecule has 142 valence electrons. The number of rotatable bonds is 7. The quantitative estimate of drug-likeness (QED) is 0.657. The molecule has 1 aromatic carbocycles. The number of benzene rings is 1. The summed E-state index contributed by atoms with van der Waals surface area (Å²) in [5.74, 6) is -0.0916. The maximum Gasteiger partial charge on any atom is 0.340 e. The van der Waals surface area contributed by atoms with E-state index in [9.17, 15) is 13.2 Å². The molecule has 8 nitrogen and oxygen atoms in total. The zero-order valence-corrected chi connectivity index (χ0v) is 16.5. The van der Waals surface area contributed by atoms with Gasteiger partial charge in [-0.05, 0) is 31.5 Å². The highest BCUT2D eigenvalue weighted by atomic mass is 35.5. The van der Waals surface area contributed by atoms with Crippen molar-refractivity contribution in [3.8, 4) is 0 Å². The molecule has 0 N–H and O–H groups in total. The van der Waals surface area contributed by atoms with Gasteiger partial charge < -0.3 is 9.26 Å². The van der Waals surface area contributed by atoms with Crippen LogP contribution in [0.4, 0.5) is 0 Å². The van der Waals surface area contributed by atoms with Crippen molar-refractivity contribution in [2.24, 2.45) is 0 Å². The number of hydrogen-bond donors (Lipinski definition) is 0. The smallest absolute Gasteiger partial charge is 0.340 e. The number of halogens is 1. The second-order valence-corrected chi connectivity index (χ2v) is 8.33. The number of aryl methyl sites for hydroxylation is 1. The molecule has 10 heteroatoms. The monoisotopic (exact) mass is 401 g/mol. The molecule has 0 spiro atoms. The number of carbonyl (C=O) groups excluding carboxylic acids is 1. The Morgan fingerprint density at radius 2 is 2.08 bits per heavy atom. The van der Waals surface area contributed by atoms with Gasteiger partial charge in [0.1, 0.15) is 0 Å². The van der Waals surface area contributed by atoms with Gasteiger partial charge in [0.25, 0.3) is 5.89 Å². The van der Waals surface area contributed by atoms with Gasteiger partial charge in [-0.15, -0.1) is 0 Å². The largest absolute Gasteiger partial charge is 0.449 e. The van der Waals surface area contributed by atoms with Crippen LogP contribution in [0, 0.1) is 0 Å². The van der Waals surface area contributed by atoms with Crippen molar-refractivity contribution < 1.29 is 22.5 Å². The fraction of sp³-hybridized carbons (Fsp3) is 0.438. The molecule has 2 aromatic rings. The molecule has 0 aliphatic carbocycles. The summed E-state index contributed by atoms with van der Waals surface area (Å²) >= 11 is 6.03. The molecule has 1 heterocycles. The number of ether oxygens (including phenoxy) is 1. The first kappa shape index (κ1) is 20.3. The van der Waals surface area contributed by atoms with Gasteiger partial charge in [0.05, 0.1) is 15.5 Å². The van der Waals surface area contributed by atoms with Gasteiger partial charge in [-0.2, -0.15) is 4.98 Å². The number of carbonyl (C=O) groups is 1. The van der Waals surface area contributed by atoms with Crippen LogP contribution in [0.25, 0.3) is 0 Å². The zero-order valence-electron chi connectivity index (χ0n) is 14.9. The average Bonchev–Trinajstić information content (AvgIpc) is 3.04. The van der Waals surface area contributed by atoms with Crippen LogP contribution in [-0.4, -0.2) is 42.9 Å². The SMILES string of the molecule is CCCc1noc(C(C)OC(=O)c2cc(S(=O)(=O)N(C)C)ccc2Cl)n1. The Kier molecular flexibility index (Phi) is 6.38. The highest BCUT2D eigenvalue weighted by Crippen LogP contribution is 2.25. The molecule has 0 saturated heterocycles. The van der Waals surface area contributed by atoms with Crippen LogP contribution in [0.3, 0.4) is 0 Å². The maximum atomic E-state index is 12.4. The van der Waals surface area contributed by atoms with Crippen LogP contribution in [0.2, 0.25) is 5.02 Å². The minimum atomic E-state index is -3.71. The zero-order chi connectivity index (χ0) is 19.5.